The molecule has 6 nitrogen and oxygen atoms in total. The Labute approximate surface area is 183 Å². The lowest BCUT2D eigenvalue weighted by Gasteiger charge is -2.13. The number of benzene rings is 1. The van der Waals surface area contributed by atoms with Crippen LogP contribution in [0.3, 0.4) is 0 Å². The largest absolute Gasteiger partial charge is 0.446 e. The molecule has 2 aromatic heterocycles. The highest BCUT2D eigenvalue weighted by Gasteiger charge is 2.29. The lowest BCUT2D eigenvalue weighted by Crippen LogP contribution is -2.17. The zero-order valence-electron chi connectivity index (χ0n) is 17.1. The van der Waals surface area contributed by atoms with Gasteiger partial charge in [0.1, 0.15) is 5.82 Å². The molecule has 31 heavy (non-hydrogen) atoms. The maximum Gasteiger partial charge on any atom is 0.446 e. The number of aromatic nitrogens is 3. The van der Waals surface area contributed by atoms with Crippen LogP contribution in [0, 0.1) is 0 Å². The van der Waals surface area contributed by atoms with Crippen LogP contribution in [-0.4, -0.2) is 52.5 Å². The van der Waals surface area contributed by atoms with Gasteiger partial charge < -0.3 is 15.5 Å². The van der Waals surface area contributed by atoms with Crippen LogP contribution < -0.4 is 10.6 Å². The molecule has 0 aliphatic heterocycles. The Morgan fingerprint density at radius 2 is 1.81 bits per heavy atom. The average molecular weight is 449 g/mol. The van der Waals surface area contributed by atoms with Gasteiger partial charge in [-0.15, -0.1) is 0 Å². The van der Waals surface area contributed by atoms with Crippen molar-refractivity contribution in [3.63, 3.8) is 0 Å². The first-order chi connectivity index (χ1) is 14.8. The molecule has 164 valence electrons. The van der Waals surface area contributed by atoms with Gasteiger partial charge in [0.15, 0.2) is 0 Å². The van der Waals surface area contributed by atoms with E-state index in [2.05, 4.69) is 30.5 Å². The molecule has 2 heterocycles. The fourth-order valence-corrected chi connectivity index (χ4v) is 3.37. The summed E-state index contributed by atoms with van der Waals surface area (Å²) >= 11 is -0.152. The molecular weight excluding hydrogens is 425 g/mol. The van der Waals surface area contributed by atoms with Crippen LogP contribution >= 0.6 is 11.8 Å². The Hall–Kier alpha value is -2.85. The summed E-state index contributed by atoms with van der Waals surface area (Å²) in [6.07, 6.45) is 4.26. The number of thioether (sulfide) groups is 1. The lowest BCUT2D eigenvalue weighted by atomic mass is 10.2. The number of nitrogens with one attached hydrogen (secondary N) is 2. The van der Waals surface area contributed by atoms with Gasteiger partial charge in [0.2, 0.25) is 5.95 Å². The Bertz CT molecular complexity index is 982. The lowest BCUT2D eigenvalue weighted by molar-refractivity contribution is -0.0328. The van der Waals surface area contributed by atoms with Crippen LogP contribution in [0.15, 0.2) is 59.8 Å². The minimum atomic E-state index is -4.34. The van der Waals surface area contributed by atoms with Crippen LogP contribution in [0.1, 0.15) is 6.42 Å². The summed E-state index contributed by atoms with van der Waals surface area (Å²) in [5.41, 5.74) is -2.30. The molecular formula is C21H23F3N6S. The normalized spacial score (nSPS) is 11.5. The maximum atomic E-state index is 12.7. The Morgan fingerprint density at radius 3 is 2.52 bits per heavy atom. The molecule has 0 aliphatic carbocycles. The van der Waals surface area contributed by atoms with Crippen molar-refractivity contribution in [2.24, 2.45) is 0 Å². The summed E-state index contributed by atoms with van der Waals surface area (Å²) in [7, 11) is 4.02. The van der Waals surface area contributed by atoms with Crippen molar-refractivity contribution in [1.29, 1.82) is 0 Å². The van der Waals surface area contributed by atoms with Crippen molar-refractivity contribution in [2.45, 2.75) is 16.8 Å². The number of anilines is 3. The fraction of sp³-hybridized carbons (Fsp3) is 0.286. The van der Waals surface area contributed by atoms with E-state index in [-0.39, 0.29) is 16.7 Å². The highest BCUT2D eigenvalue weighted by Crippen LogP contribution is 2.37. The predicted octanol–water partition coefficient (Wildman–Crippen LogP) is 5.26. The topological polar surface area (TPSA) is 66.0 Å². The summed E-state index contributed by atoms with van der Waals surface area (Å²) in [5, 5.41) is 6.32. The van der Waals surface area contributed by atoms with E-state index >= 15 is 0 Å². The number of pyridine rings is 1. The monoisotopic (exact) mass is 448 g/mol. The molecule has 2 N–H and O–H groups in total. The van der Waals surface area contributed by atoms with E-state index in [1.807, 2.05) is 26.2 Å². The first-order valence-electron chi connectivity index (χ1n) is 9.59. The quantitative estimate of drug-likeness (QED) is 0.342. The van der Waals surface area contributed by atoms with E-state index in [1.165, 1.54) is 12.1 Å². The average Bonchev–Trinajstić information content (AvgIpc) is 2.71. The third-order valence-electron chi connectivity index (χ3n) is 4.11. The molecule has 0 radical (unpaired) electrons. The van der Waals surface area contributed by atoms with Crippen molar-refractivity contribution in [2.75, 3.05) is 37.8 Å². The number of nitrogens with zero attached hydrogens (tertiary/aromatic N) is 4. The Kier molecular flexibility index (Phi) is 7.69. The molecule has 3 rings (SSSR count). The smallest absolute Gasteiger partial charge is 0.354 e. The van der Waals surface area contributed by atoms with E-state index in [0.29, 0.717) is 29.7 Å². The molecule has 0 bridgehead atoms. The van der Waals surface area contributed by atoms with E-state index in [9.17, 15) is 13.2 Å². The van der Waals surface area contributed by atoms with Gasteiger partial charge >= 0.3 is 5.51 Å². The number of halogens is 3. The second-order valence-electron chi connectivity index (χ2n) is 6.98. The molecule has 0 fully saturated rings. The summed E-state index contributed by atoms with van der Waals surface area (Å²) < 4.78 is 38.1. The zero-order valence-corrected chi connectivity index (χ0v) is 18.0. The summed E-state index contributed by atoms with van der Waals surface area (Å²) in [6.45, 7) is 1.61. The second-order valence-corrected chi connectivity index (χ2v) is 8.12. The second kappa shape index (κ2) is 10.5. The van der Waals surface area contributed by atoms with Crippen LogP contribution in [0.5, 0.6) is 0 Å². The Morgan fingerprint density at radius 1 is 1.03 bits per heavy atom. The first kappa shape index (κ1) is 22.8. The molecule has 0 unspecified atom stereocenters. The number of rotatable bonds is 9. The van der Waals surface area contributed by atoms with E-state index in [0.717, 1.165) is 18.5 Å². The van der Waals surface area contributed by atoms with Gasteiger partial charge in [0, 0.05) is 41.2 Å². The fourth-order valence-electron chi connectivity index (χ4n) is 2.78. The van der Waals surface area contributed by atoms with Gasteiger partial charge in [0.25, 0.3) is 0 Å². The molecule has 0 saturated heterocycles. The molecule has 0 saturated carbocycles. The summed E-state index contributed by atoms with van der Waals surface area (Å²) in [5.74, 6) is 0.919. The van der Waals surface area contributed by atoms with Gasteiger partial charge in [-0.25, -0.2) is 4.98 Å². The van der Waals surface area contributed by atoms with Gasteiger partial charge in [0.05, 0.1) is 5.69 Å². The molecule has 0 spiro atoms. The number of alkyl halides is 3. The third kappa shape index (κ3) is 7.72. The standard InChI is InChI=1S/C21H23F3N6S/c1-30(2)12-4-9-26-20-28-18(15-7-10-25-11-8-15)14-19(29-20)27-16-5-3-6-17(13-16)31-21(22,23)24/h3,5-8,10-11,13-14H,4,9,12H2,1-2H3,(H2,26,27,28,29). The summed E-state index contributed by atoms with van der Waals surface area (Å²) in [6, 6.07) is 11.6. The SMILES string of the molecule is CN(C)CCCNc1nc(Nc2cccc(SC(F)(F)F)c2)cc(-c2ccncc2)n1. The first-order valence-corrected chi connectivity index (χ1v) is 10.4. The molecule has 0 aliphatic rings. The summed E-state index contributed by atoms with van der Waals surface area (Å²) in [4.78, 5) is 15.3. The van der Waals surface area contributed by atoms with Crippen molar-refractivity contribution in [1.82, 2.24) is 19.9 Å². The number of hydrogen-bond donors (Lipinski definition) is 2. The molecule has 10 heteroatoms. The van der Waals surface area contributed by atoms with Crippen molar-refractivity contribution in [3.8, 4) is 11.3 Å². The molecule has 3 aromatic rings. The van der Waals surface area contributed by atoms with Crippen LogP contribution in [-0.2, 0) is 0 Å². The van der Waals surface area contributed by atoms with Crippen LogP contribution in [0.25, 0.3) is 11.3 Å². The predicted molar refractivity (Wildman–Crippen MR) is 119 cm³/mol. The third-order valence-corrected chi connectivity index (χ3v) is 4.83. The maximum absolute atomic E-state index is 12.7. The van der Waals surface area contributed by atoms with Gasteiger partial charge in [-0.1, -0.05) is 6.07 Å². The van der Waals surface area contributed by atoms with Gasteiger partial charge in [-0.3, -0.25) is 4.98 Å². The van der Waals surface area contributed by atoms with E-state index in [1.54, 1.807) is 30.6 Å². The molecule has 0 amide bonds. The molecule has 1 aromatic carbocycles. The van der Waals surface area contributed by atoms with Gasteiger partial charge in [-0.2, -0.15) is 18.2 Å². The number of hydrogen-bond acceptors (Lipinski definition) is 7. The highest BCUT2D eigenvalue weighted by atomic mass is 32.2. The van der Waals surface area contributed by atoms with Crippen LogP contribution in [0.2, 0.25) is 0 Å². The minimum Gasteiger partial charge on any atom is -0.354 e. The highest BCUT2D eigenvalue weighted by molar-refractivity contribution is 8.00. The Balaban J connectivity index is 1.83. The van der Waals surface area contributed by atoms with Crippen molar-refractivity contribution < 1.29 is 13.2 Å². The minimum absolute atomic E-state index is 0.1000. The van der Waals surface area contributed by atoms with Crippen molar-refractivity contribution in [3.05, 3.63) is 54.9 Å². The zero-order chi connectivity index (χ0) is 22.3. The van der Waals surface area contributed by atoms with Crippen LogP contribution in [0.4, 0.5) is 30.6 Å². The van der Waals surface area contributed by atoms with E-state index in [4.69, 9.17) is 0 Å². The van der Waals surface area contributed by atoms with E-state index < -0.39 is 5.51 Å². The van der Waals surface area contributed by atoms with Crippen molar-refractivity contribution >= 4 is 29.2 Å². The van der Waals surface area contributed by atoms with Gasteiger partial charge in [-0.05, 0) is 69.2 Å². The molecule has 0 atom stereocenters.